The van der Waals surface area contributed by atoms with E-state index < -0.39 is 0 Å². The molecule has 0 unspecified atom stereocenters. The minimum atomic E-state index is 0.557. The maximum absolute atomic E-state index is 5.43. The summed E-state index contributed by atoms with van der Waals surface area (Å²) >= 11 is 0. The van der Waals surface area contributed by atoms with Crippen molar-refractivity contribution in [1.29, 1.82) is 0 Å². The summed E-state index contributed by atoms with van der Waals surface area (Å²) in [5.41, 5.74) is 11.8. The van der Waals surface area contributed by atoms with E-state index >= 15 is 0 Å². The van der Waals surface area contributed by atoms with Gasteiger partial charge in [-0.2, -0.15) is 9.97 Å². The number of nitrogens with zero attached hydrogens (tertiary/aromatic N) is 5. The zero-order valence-corrected chi connectivity index (χ0v) is 32.4. The molecule has 0 atom stereocenters. The summed E-state index contributed by atoms with van der Waals surface area (Å²) in [4.78, 5) is 16.0. The number of benzene rings is 9. The van der Waals surface area contributed by atoms with E-state index in [4.69, 9.17) is 15.0 Å². The molecule has 0 radical (unpaired) electrons. The van der Waals surface area contributed by atoms with Crippen molar-refractivity contribution >= 4 is 54.4 Å². The van der Waals surface area contributed by atoms with E-state index in [9.17, 15) is 0 Å². The van der Waals surface area contributed by atoms with Gasteiger partial charge in [-0.25, -0.2) is 4.98 Å². The molecule has 12 rings (SSSR count). The van der Waals surface area contributed by atoms with Gasteiger partial charge in [-0.15, -0.1) is 0 Å². The lowest BCUT2D eigenvalue weighted by atomic mass is 9.97. The number of aromatic nitrogens is 5. The molecule has 0 aliphatic carbocycles. The van der Waals surface area contributed by atoms with Gasteiger partial charge in [0.2, 0.25) is 5.95 Å². The summed E-state index contributed by atoms with van der Waals surface area (Å²) in [5.74, 6) is 1.77. The van der Waals surface area contributed by atoms with Crippen LogP contribution in [0.1, 0.15) is 0 Å². The molecule has 0 spiro atoms. The van der Waals surface area contributed by atoms with Crippen molar-refractivity contribution < 1.29 is 0 Å². The third kappa shape index (κ3) is 5.37. The molecule has 12 aromatic rings. The average molecular weight is 766 g/mol. The van der Waals surface area contributed by atoms with Crippen LogP contribution in [-0.4, -0.2) is 24.1 Å². The first-order chi connectivity index (χ1) is 29.8. The summed E-state index contributed by atoms with van der Waals surface area (Å²) in [7, 11) is 0. The molecule has 0 aliphatic rings. The summed E-state index contributed by atoms with van der Waals surface area (Å²) in [6.07, 6.45) is 0. The highest BCUT2D eigenvalue weighted by molar-refractivity contribution is 6.24. The molecule has 0 N–H and O–H groups in total. The molecular formula is C55H35N5. The molecular weight excluding hydrogens is 731 g/mol. The van der Waals surface area contributed by atoms with E-state index in [-0.39, 0.29) is 0 Å². The number of hydrogen-bond donors (Lipinski definition) is 0. The molecule has 9 aromatic carbocycles. The lowest BCUT2D eigenvalue weighted by molar-refractivity contribution is 0.953. The Kier molecular flexibility index (Phi) is 7.78. The third-order valence-corrected chi connectivity index (χ3v) is 11.8. The Morgan fingerprint density at radius 2 is 0.800 bits per heavy atom. The van der Waals surface area contributed by atoms with Crippen LogP contribution in [0.15, 0.2) is 212 Å². The van der Waals surface area contributed by atoms with Gasteiger partial charge in [0.15, 0.2) is 11.6 Å². The van der Waals surface area contributed by atoms with Gasteiger partial charge in [-0.05, 0) is 51.7 Å². The summed E-state index contributed by atoms with van der Waals surface area (Å²) in [6.45, 7) is 0. The number of fused-ring (bicyclic) bond motifs is 8. The van der Waals surface area contributed by atoms with Gasteiger partial charge in [0.1, 0.15) is 0 Å². The first kappa shape index (κ1) is 33.9. The molecule has 0 aliphatic heterocycles. The van der Waals surface area contributed by atoms with E-state index in [2.05, 4.69) is 203 Å². The Labute approximate surface area is 346 Å². The zero-order chi connectivity index (χ0) is 39.6. The fourth-order valence-electron chi connectivity index (χ4n) is 9.10. The van der Waals surface area contributed by atoms with Crippen molar-refractivity contribution in [1.82, 2.24) is 24.1 Å². The first-order valence-electron chi connectivity index (χ1n) is 20.3. The van der Waals surface area contributed by atoms with Crippen molar-refractivity contribution in [3.63, 3.8) is 0 Å². The zero-order valence-electron chi connectivity index (χ0n) is 32.4. The molecule has 60 heavy (non-hydrogen) atoms. The quantitative estimate of drug-likeness (QED) is 0.169. The summed E-state index contributed by atoms with van der Waals surface area (Å²) < 4.78 is 4.71. The lowest BCUT2D eigenvalue weighted by Gasteiger charge is -2.16. The second kappa shape index (κ2) is 13.8. The molecule has 5 heteroatoms. The number of rotatable bonds is 6. The van der Waals surface area contributed by atoms with Crippen molar-refractivity contribution in [2.24, 2.45) is 0 Å². The van der Waals surface area contributed by atoms with Crippen LogP contribution < -0.4 is 0 Å². The van der Waals surface area contributed by atoms with E-state index in [1.54, 1.807) is 0 Å². The second-order valence-electron chi connectivity index (χ2n) is 15.2. The van der Waals surface area contributed by atoms with Gasteiger partial charge < -0.3 is 4.57 Å². The van der Waals surface area contributed by atoms with Crippen molar-refractivity contribution in [2.75, 3.05) is 0 Å². The predicted molar refractivity (Wildman–Crippen MR) is 248 cm³/mol. The minimum Gasteiger partial charge on any atom is -0.307 e. The van der Waals surface area contributed by atoms with Crippen molar-refractivity contribution in [2.45, 2.75) is 0 Å². The van der Waals surface area contributed by atoms with E-state index in [1.165, 1.54) is 21.7 Å². The Morgan fingerprint density at radius 3 is 1.55 bits per heavy atom. The van der Waals surface area contributed by atoms with Crippen LogP contribution in [0, 0.1) is 0 Å². The standard InChI is InChI=1S/C55H35N5/c1-3-17-37(18-4-1)43-26-9-12-30-48(43)59-49-31-13-10-27-44(49)46-33-34-47-45-28-11-14-32-50(45)60(52(47)51(46)59)55-57-53(38-20-5-2-6-21-38)56-54(58-55)40-24-15-23-39(35-40)42-29-16-22-36-19-7-8-25-41(36)42/h1-35H. The van der Waals surface area contributed by atoms with Crippen LogP contribution in [-0.2, 0) is 0 Å². The topological polar surface area (TPSA) is 48.5 Å². The predicted octanol–water partition coefficient (Wildman–Crippen LogP) is 13.9. The Bertz CT molecular complexity index is 3600. The Balaban J connectivity index is 1.18. The molecule has 0 saturated carbocycles. The monoisotopic (exact) mass is 765 g/mol. The molecule has 3 aromatic heterocycles. The van der Waals surface area contributed by atoms with Crippen LogP contribution in [0.5, 0.6) is 0 Å². The van der Waals surface area contributed by atoms with Gasteiger partial charge in [-0.1, -0.05) is 188 Å². The molecule has 3 heterocycles. The molecule has 280 valence electrons. The second-order valence-corrected chi connectivity index (χ2v) is 15.2. The molecule has 0 amide bonds. The lowest BCUT2D eigenvalue weighted by Crippen LogP contribution is -2.07. The largest absolute Gasteiger partial charge is 0.307 e. The van der Waals surface area contributed by atoms with Crippen LogP contribution in [0.25, 0.3) is 111 Å². The number of para-hydroxylation sites is 3. The molecule has 0 fully saturated rings. The molecule has 0 bridgehead atoms. The molecule has 0 saturated heterocycles. The average Bonchev–Trinajstić information content (AvgIpc) is 3.85. The number of hydrogen-bond acceptors (Lipinski definition) is 3. The fraction of sp³-hybridized carbons (Fsp3) is 0. The van der Waals surface area contributed by atoms with Crippen LogP contribution in [0.4, 0.5) is 0 Å². The fourth-order valence-corrected chi connectivity index (χ4v) is 9.10. The van der Waals surface area contributed by atoms with Crippen LogP contribution in [0.3, 0.4) is 0 Å². The Hall–Kier alpha value is -8.15. The highest BCUT2D eigenvalue weighted by Crippen LogP contribution is 2.43. The van der Waals surface area contributed by atoms with Crippen molar-refractivity contribution in [3.05, 3.63) is 212 Å². The van der Waals surface area contributed by atoms with Crippen LogP contribution in [0.2, 0.25) is 0 Å². The Morgan fingerprint density at radius 1 is 0.300 bits per heavy atom. The summed E-state index contributed by atoms with van der Waals surface area (Å²) in [5, 5.41) is 7.00. The SMILES string of the molecule is c1ccc(-c2nc(-c3cccc(-c4cccc5ccccc45)c3)nc(-n3c4ccccc4c4ccc5c6ccccc6n(-c6ccccc6-c6ccccc6)c5c43)n2)cc1. The van der Waals surface area contributed by atoms with E-state index in [0.717, 1.165) is 71.7 Å². The normalized spacial score (nSPS) is 11.7. The van der Waals surface area contributed by atoms with Gasteiger partial charge >= 0.3 is 0 Å². The maximum atomic E-state index is 5.43. The van der Waals surface area contributed by atoms with Gasteiger partial charge in [0.25, 0.3) is 0 Å². The highest BCUT2D eigenvalue weighted by atomic mass is 15.2. The maximum Gasteiger partial charge on any atom is 0.238 e. The van der Waals surface area contributed by atoms with Crippen LogP contribution >= 0.6 is 0 Å². The molecule has 5 nitrogen and oxygen atoms in total. The highest BCUT2D eigenvalue weighted by Gasteiger charge is 2.24. The van der Waals surface area contributed by atoms with Gasteiger partial charge in [0, 0.05) is 38.2 Å². The van der Waals surface area contributed by atoms with E-state index in [0.29, 0.717) is 17.6 Å². The van der Waals surface area contributed by atoms with Crippen molar-refractivity contribution in [3.8, 4) is 56.7 Å². The summed E-state index contributed by atoms with van der Waals surface area (Å²) in [6, 6.07) is 75.1. The minimum absolute atomic E-state index is 0.557. The smallest absolute Gasteiger partial charge is 0.238 e. The van der Waals surface area contributed by atoms with Gasteiger partial charge in [0.05, 0.1) is 27.8 Å². The van der Waals surface area contributed by atoms with Gasteiger partial charge in [-0.3, -0.25) is 4.57 Å². The first-order valence-corrected chi connectivity index (χ1v) is 20.3. The third-order valence-electron chi connectivity index (χ3n) is 11.8. The van der Waals surface area contributed by atoms with E-state index in [1.807, 2.05) is 18.2 Å².